The maximum absolute atomic E-state index is 10.4. The summed E-state index contributed by atoms with van der Waals surface area (Å²) in [6.07, 6.45) is 2.70. The summed E-state index contributed by atoms with van der Waals surface area (Å²) in [5.74, 6) is -0.946. The van der Waals surface area contributed by atoms with Gasteiger partial charge in [-0.1, -0.05) is 24.3 Å². The highest BCUT2D eigenvalue weighted by Crippen LogP contribution is 2.10. The van der Waals surface area contributed by atoms with Gasteiger partial charge in [-0.15, -0.1) is 0 Å². The molecular weight excluding hydrogens is 242 g/mol. The van der Waals surface area contributed by atoms with Gasteiger partial charge in [0.25, 0.3) is 0 Å². The van der Waals surface area contributed by atoms with Crippen molar-refractivity contribution in [3.05, 3.63) is 41.5 Å². The second kappa shape index (κ2) is 7.71. The van der Waals surface area contributed by atoms with Crippen LogP contribution >= 0.6 is 0 Å². The van der Waals surface area contributed by atoms with Crippen LogP contribution in [0.4, 0.5) is 0 Å². The van der Waals surface area contributed by atoms with Gasteiger partial charge >= 0.3 is 5.97 Å². The van der Waals surface area contributed by atoms with Crippen molar-refractivity contribution < 1.29 is 15.0 Å². The van der Waals surface area contributed by atoms with E-state index in [1.54, 1.807) is 6.08 Å². The number of aliphatic hydroxyl groups excluding tert-OH is 1. The fourth-order valence-electron chi connectivity index (χ4n) is 1.78. The lowest BCUT2D eigenvalue weighted by atomic mass is 10.1. The third-order valence-electron chi connectivity index (χ3n) is 2.90. The van der Waals surface area contributed by atoms with E-state index in [0.29, 0.717) is 12.6 Å². The maximum atomic E-state index is 10.4. The van der Waals surface area contributed by atoms with Crippen molar-refractivity contribution in [3.63, 3.8) is 0 Å². The number of hydrogen-bond donors (Lipinski definition) is 2. The first kappa shape index (κ1) is 15.4. The lowest BCUT2D eigenvalue weighted by Gasteiger charge is -2.25. The first-order chi connectivity index (χ1) is 9.02. The molecule has 0 aliphatic heterocycles. The minimum atomic E-state index is -0.946. The van der Waals surface area contributed by atoms with E-state index in [4.69, 9.17) is 10.2 Å². The Balaban J connectivity index is 2.67. The molecule has 0 aliphatic rings. The summed E-state index contributed by atoms with van der Waals surface area (Å²) in [7, 11) is 0. The number of benzene rings is 1. The highest BCUT2D eigenvalue weighted by atomic mass is 16.4. The Bertz CT molecular complexity index is 424. The summed E-state index contributed by atoms with van der Waals surface area (Å²) >= 11 is 0. The largest absolute Gasteiger partial charge is 0.478 e. The van der Waals surface area contributed by atoms with Crippen LogP contribution < -0.4 is 0 Å². The zero-order valence-electron chi connectivity index (χ0n) is 11.4. The molecule has 0 bridgehead atoms. The molecule has 2 N–H and O–H groups in total. The van der Waals surface area contributed by atoms with Crippen molar-refractivity contribution in [3.8, 4) is 0 Å². The standard InChI is InChI=1S/C15H21NO3/c1-12(2)16(9-10-17)11-14-5-3-13(4-6-14)7-8-15(18)19/h3-8,12,17H,9-11H2,1-2H3,(H,18,19)/b8-7+. The molecule has 0 unspecified atom stereocenters. The van der Waals surface area contributed by atoms with Gasteiger partial charge in [-0.25, -0.2) is 4.79 Å². The number of carboxylic acids is 1. The van der Waals surface area contributed by atoms with Crippen molar-refractivity contribution in [2.24, 2.45) is 0 Å². The van der Waals surface area contributed by atoms with E-state index < -0.39 is 5.97 Å². The van der Waals surface area contributed by atoms with Crippen molar-refractivity contribution in [1.82, 2.24) is 4.90 Å². The van der Waals surface area contributed by atoms with Crippen LogP contribution in [-0.2, 0) is 11.3 Å². The number of carbonyl (C=O) groups is 1. The second-order valence-electron chi connectivity index (χ2n) is 4.70. The quantitative estimate of drug-likeness (QED) is 0.739. The molecule has 1 aromatic rings. The zero-order valence-corrected chi connectivity index (χ0v) is 11.4. The molecule has 0 amide bonds. The third kappa shape index (κ3) is 5.68. The van der Waals surface area contributed by atoms with Gasteiger partial charge in [-0.3, -0.25) is 4.90 Å². The van der Waals surface area contributed by atoms with Crippen LogP contribution in [0.15, 0.2) is 30.3 Å². The Morgan fingerprint density at radius 2 is 1.95 bits per heavy atom. The average Bonchev–Trinajstić information content (AvgIpc) is 2.37. The Kier molecular flexibility index (Phi) is 6.25. The molecule has 0 heterocycles. The molecular formula is C15H21NO3. The van der Waals surface area contributed by atoms with Gasteiger partial charge in [0, 0.05) is 25.2 Å². The molecule has 4 nitrogen and oxygen atoms in total. The van der Waals surface area contributed by atoms with Crippen molar-refractivity contribution in [1.29, 1.82) is 0 Å². The molecule has 0 saturated heterocycles. The van der Waals surface area contributed by atoms with Gasteiger partial charge in [0.1, 0.15) is 0 Å². The van der Waals surface area contributed by atoms with Gasteiger partial charge in [0.2, 0.25) is 0 Å². The fourth-order valence-corrected chi connectivity index (χ4v) is 1.78. The molecule has 0 atom stereocenters. The molecule has 0 fully saturated rings. The molecule has 0 aromatic heterocycles. The number of rotatable bonds is 7. The Labute approximate surface area is 114 Å². The SMILES string of the molecule is CC(C)N(CCO)Cc1ccc(/C=C/C(=O)O)cc1. The van der Waals surface area contributed by atoms with Gasteiger partial charge in [-0.2, -0.15) is 0 Å². The van der Waals surface area contributed by atoms with Crippen LogP contribution in [0.25, 0.3) is 6.08 Å². The van der Waals surface area contributed by atoms with Gasteiger partial charge in [0.05, 0.1) is 6.61 Å². The van der Waals surface area contributed by atoms with Crippen LogP contribution in [0.1, 0.15) is 25.0 Å². The average molecular weight is 263 g/mol. The molecule has 1 aromatic carbocycles. The molecule has 0 saturated carbocycles. The molecule has 104 valence electrons. The molecule has 0 aliphatic carbocycles. The topological polar surface area (TPSA) is 60.8 Å². The number of aliphatic carboxylic acids is 1. The maximum Gasteiger partial charge on any atom is 0.328 e. The van der Waals surface area contributed by atoms with Crippen LogP contribution in [0.3, 0.4) is 0 Å². The lowest BCUT2D eigenvalue weighted by Crippen LogP contribution is -2.32. The Morgan fingerprint density at radius 3 is 2.42 bits per heavy atom. The first-order valence-electron chi connectivity index (χ1n) is 6.37. The minimum Gasteiger partial charge on any atom is -0.478 e. The highest BCUT2D eigenvalue weighted by Gasteiger charge is 2.08. The number of carboxylic acid groups (broad SMARTS) is 1. The Morgan fingerprint density at radius 1 is 1.32 bits per heavy atom. The van der Waals surface area contributed by atoms with E-state index in [2.05, 4.69) is 18.7 Å². The molecule has 0 spiro atoms. The van der Waals surface area contributed by atoms with E-state index in [1.807, 2.05) is 24.3 Å². The van der Waals surface area contributed by atoms with E-state index >= 15 is 0 Å². The summed E-state index contributed by atoms with van der Waals surface area (Å²) in [5, 5.41) is 17.6. The number of aliphatic hydroxyl groups is 1. The van der Waals surface area contributed by atoms with Crippen molar-refractivity contribution in [2.75, 3.05) is 13.2 Å². The predicted molar refractivity (Wildman–Crippen MR) is 75.7 cm³/mol. The predicted octanol–water partition coefficient (Wildman–Crippen LogP) is 1.99. The van der Waals surface area contributed by atoms with Crippen LogP contribution in [0.5, 0.6) is 0 Å². The van der Waals surface area contributed by atoms with E-state index in [1.165, 1.54) is 0 Å². The molecule has 19 heavy (non-hydrogen) atoms. The molecule has 0 radical (unpaired) electrons. The molecule has 1 rings (SSSR count). The number of hydrogen-bond acceptors (Lipinski definition) is 3. The van der Waals surface area contributed by atoms with E-state index in [9.17, 15) is 4.79 Å². The van der Waals surface area contributed by atoms with Crippen molar-refractivity contribution in [2.45, 2.75) is 26.4 Å². The number of nitrogens with zero attached hydrogens (tertiary/aromatic N) is 1. The first-order valence-corrected chi connectivity index (χ1v) is 6.37. The summed E-state index contributed by atoms with van der Waals surface area (Å²) in [5.41, 5.74) is 2.01. The van der Waals surface area contributed by atoms with E-state index in [0.717, 1.165) is 23.7 Å². The van der Waals surface area contributed by atoms with Crippen LogP contribution in [0, 0.1) is 0 Å². The summed E-state index contributed by atoms with van der Waals surface area (Å²) < 4.78 is 0. The normalized spacial score (nSPS) is 11.6. The van der Waals surface area contributed by atoms with Crippen molar-refractivity contribution >= 4 is 12.0 Å². The van der Waals surface area contributed by atoms with Gasteiger partial charge < -0.3 is 10.2 Å². The smallest absolute Gasteiger partial charge is 0.328 e. The lowest BCUT2D eigenvalue weighted by molar-refractivity contribution is -0.131. The van der Waals surface area contributed by atoms with Crippen LogP contribution in [0.2, 0.25) is 0 Å². The van der Waals surface area contributed by atoms with Gasteiger partial charge in [-0.05, 0) is 31.1 Å². The summed E-state index contributed by atoms with van der Waals surface area (Å²) in [4.78, 5) is 12.6. The summed E-state index contributed by atoms with van der Waals surface area (Å²) in [6.45, 7) is 5.77. The van der Waals surface area contributed by atoms with Crippen LogP contribution in [-0.4, -0.2) is 40.3 Å². The van der Waals surface area contributed by atoms with E-state index in [-0.39, 0.29) is 6.61 Å². The minimum absolute atomic E-state index is 0.150. The highest BCUT2D eigenvalue weighted by molar-refractivity contribution is 5.85. The zero-order chi connectivity index (χ0) is 14.3. The summed E-state index contributed by atoms with van der Waals surface area (Å²) in [6, 6.07) is 8.12. The monoisotopic (exact) mass is 263 g/mol. The third-order valence-corrected chi connectivity index (χ3v) is 2.90. The molecule has 4 heteroatoms. The fraction of sp³-hybridized carbons (Fsp3) is 0.400. The van der Waals surface area contributed by atoms with Gasteiger partial charge in [0.15, 0.2) is 0 Å². The second-order valence-corrected chi connectivity index (χ2v) is 4.70. The Hall–Kier alpha value is -1.65.